The van der Waals surface area contributed by atoms with Gasteiger partial charge in [0.1, 0.15) is 11.7 Å². The van der Waals surface area contributed by atoms with Crippen LogP contribution in [0, 0.1) is 0 Å². The van der Waals surface area contributed by atoms with Gasteiger partial charge >= 0.3 is 6.09 Å². The minimum Gasteiger partial charge on any atom is -0.444 e. The normalized spacial score (nSPS) is 19.0. The van der Waals surface area contributed by atoms with Crippen LogP contribution in [0.3, 0.4) is 0 Å². The highest BCUT2D eigenvalue weighted by atomic mass is 16.6. The Morgan fingerprint density at radius 1 is 1.26 bits per heavy atom. The number of hydrogen-bond donors (Lipinski definition) is 2. The Labute approximate surface area is 114 Å². The molecule has 1 unspecified atom stereocenters. The average Bonchev–Trinajstić information content (AvgIpc) is 2.79. The van der Waals surface area contributed by atoms with Gasteiger partial charge in [-0.1, -0.05) is 0 Å². The molecule has 2 N–H and O–H groups in total. The van der Waals surface area contributed by atoms with Crippen LogP contribution in [-0.2, 0) is 14.3 Å². The van der Waals surface area contributed by atoms with Gasteiger partial charge in [-0.2, -0.15) is 0 Å². The zero-order chi connectivity index (χ0) is 14.3. The van der Waals surface area contributed by atoms with Gasteiger partial charge in [-0.05, 0) is 40.0 Å². The molecular weight excluding hydrogens is 248 g/mol. The molecule has 1 aliphatic rings. The van der Waals surface area contributed by atoms with Crippen LogP contribution in [0.15, 0.2) is 0 Å². The van der Waals surface area contributed by atoms with E-state index in [1.807, 2.05) is 20.8 Å². The van der Waals surface area contributed by atoms with Gasteiger partial charge in [0.15, 0.2) is 0 Å². The van der Waals surface area contributed by atoms with Crippen molar-refractivity contribution in [2.75, 3.05) is 19.7 Å². The maximum atomic E-state index is 11.6. The van der Waals surface area contributed by atoms with E-state index >= 15 is 0 Å². The first-order valence-corrected chi connectivity index (χ1v) is 6.74. The number of carbonyl (C=O) groups excluding carboxylic acids is 2. The molecule has 0 saturated carbocycles. The van der Waals surface area contributed by atoms with Crippen LogP contribution in [0.1, 0.15) is 40.0 Å². The van der Waals surface area contributed by atoms with Gasteiger partial charge in [0.25, 0.3) is 0 Å². The Hall–Kier alpha value is -1.30. The van der Waals surface area contributed by atoms with Crippen molar-refractivity contribution < 1.29 is 19.1 Å². The Bertz CT molecular complexity index is 306. The summed E-state index contributed by atoms with van der Waals surface area (Å²) in [6.07, 6.45) is 1.68. The topological polar surface area (TPSA) is 76.7 Å². The number of ether oxygens (including phenoxy) is 2. The first kappa shape index (κ1) is 15.8. The van der Waals surface area contributed by atoms with Gasteiger partial charge in [-0.25, -0.2) is 4.79 Å². The Morgan fingerprint density at radius 2 is 1.95 bits per heavy atom. The Balaban J connectivity index is 2.01. The first-order valence-electron chi connectivity index (χ1n) is 6.74. The molecule has 19 heavy (non-hydrogen) atoms. The fourth-order valence-corrected chi connectivity index (χ4v) is 1.70. The van der Waals surface area contributed by atoms with E-state index in [-0.39, 0.29) is 12.0 Å². The molecule has 1 heterocycles. The van der Waals surface area contributed by atoms with Crippen LogP contribution in [0.5, 0.6) is 0 Å². The largest absolute Gasteiger partial charge is 0.444 e. The fraction of sp³-hybridized carbons (Fsp3) is 0.846. The van der Waals surface area contributed by atoms with E-state index in [2.05, 4.69) is 10.6 Å². The highest BCUT2D eigenvalue weighted by Crippen LogP contribution is 2.11. The molecule has 1 saturated heterocycles. The maximum Gasteiger partial charge on any atom is 0.407 e. The lowest BCUT2D eigenvalue weighted by Gasteiger charge is -2.19. The molecule has 6 nitrogen and oxygen atoms in total. The van der Waals surface area contributed by atoms with E-state index in [0.29, 0.717) is 26.1 Å². The Morgan fingerprint density at radius 3 is 2.53 bits per heavy atom. The molecule has 0 aromatic rings. The van der Waals surface area contributed by atoms with Crippen molar-refractivity contribution in [2.24, 2.45) is 0 Å². The molecule has 0 bridgehead atoms. The summed E-state index contributed by atoms with van der Waals surface area (Å²) in [6, 6.07) is 0. The van der Waals surface area contributed by atoms with Crippen LogP contribution >= 0.6 is 0 Å². The molecule has 1 rings (SSSR count). The molecule has 1 atom stereocenters. The van der Waals surface area contributed by atoms with Crippen LogP contribution in [-0.4, -0.2) is 43.4 Å². The summed E-state index contributed by atoms with van der Waals surface area (Å²) in [5.74, 6) is -0.0604. The van der Waals surface area contributed by atoms with Crippen molar-refractivity contribution in [3.63, 3.8) is 0 Å². The molecule has 0 aromatic carbocycles. The monoisotopic (exact) mass is 272 g/mol. The third-order valence-corrected chi connectivity index (χ3v) is 2.54. The van der Waals surface area contributed by atoms with E-state index in [0.717, 1.165) is 12.8 Å². The van der Waals surface area contributed by atoms with Crippen molar-refractivity contribution >= 4 is 12.0 Å². The van der Waals surface area contributed by atoms with Crippen molar-refractivity contribution in [3.05, 3.63) is 0 Å². The van der Waals surface area contributed by atoms with Crippen molar-refractivity contribution in [2.45, 2.75) is 51.7 Å². The summed E-state index contributed by atoms with van der Waals surface area (Å²) >= 11 is 0. The summed E-state index contributed by atoms with van der Waals surface area (Å²) in [6.45, 7) is 7.10. The van der Waals surface area contributed by atoms with Gasteiger partial charge in [0.05, 0.1) is 0 Å². The molecule has 0 aliphatic carbocycles. The first-order chi connectivity index (χ1) is 8.88. The van der Waals surface area contributed by atoms with Gasteiger partial charge in [-0.3, -0.25) is 4.79 Å². The standard InChI is InChI=1S/C13H24N2O4/c1-13(2,3)19-12(17)15-8-5-7-14-11(16)10-6-4-9-18-10/h10H,4-9H2,1-3H3,(H,14,16)(H,15,17). The van der Waals surface area contributed by atoms with E-state index in [4.69, 9.17) is 9.47 Å². The van der Waals surface area contributed by atoms with E-state index in [9.17, 15) is 9.59 Å². The van der Waals surface area contributed by atoms with Gasteiger partial charge < -0.3 is 20.1 Å². The zero-order valence-corrected chi connectivity index (χ0v) is 12.0. The Kier molecular flexibility index (Phi) is 6.08. The van der Waals surface area contributed by atoms with Gasteiger partial charge in [0, 0.05) is 19.7 Å². The van der Waals surface area contributed by atoms with Gasteiger partial charge in [-0.15, -0.1) is 0 Å². The highest BCUT2D eigenvalue weighted by Gasteiger charge is 2.22. The smallest absolute Gasteiger partial charge is 0.407 e. The lowest BCUT2D eigenvalue weighted by molar-refractivity contribution is -0.130. The summed E-state index contributed by atoms with van der Waals surface area (Å²) in [7, 11) is 0. The second kappa shape index (κ2) is 7.33. The summed E-state index contributed by atoms with van der Waals surface area (Å²) < 4.78 is 10.4. The lowest BCUT2D eigenvalue weighted by Crippen LogP contribution is -2.37. The second-order valence-electron chi connectivity index (χ2n) is 5.57. The lowest BCUT2D eigenvalue weighted by atomic mass is 10.2. The number of hydrogen-bond acceptors (Lipinski definition) is 4. The van der Waals surface area contributed by atoms with Crippen LogP contribution in [0.2, 0.25) is 0 Å². The number of carbonyl (C=O) groups is 2. The maximum absolute atomic E-state index is 11.6. The number of amides is 2. The molecule has 0 aromatic heterocycles. The second-order valence-corrected chi connectivity index (χ2v) is 5.57. The van der Waals surface area contributed by atoms with E-state index in [1.54, 1.807) is 0 Å². The SMILES string of the molecule is CC(C)(C)OC(=O)NCCCNC(=O)C1CCCO1. The number of alkyl carbamates (subject to hydrolysis) is 1. The zero-order valence-electron chi connectivity index (χ0n) is 12.0. The third-order valence-electron chi connectivity index (χ3n) is 2.54. The molecular formula is C13H24N2O4. The number of rotatable bonds is 5. The average molecular weight is 272 g/mol. The minimum atomic E-state index is -0.488. The van der Waals surface area contributed by atoms with Crippen molar-refractivity contribution in [1.29, 1.82) is 0 Å². The van der Waals surface area contributed by atoms with Crippen LogP contribution in [0.25, 0.3) is 0 Å². The molecule has 1 fully saturated rings. The predicted molar refractivity (Wildman–Crippen MR) is 70.8 cm³/mol. The summed E-state index contributed by atoms with van der Waals surface area (Å²) in [5, 5.41) is 5.43. The molecule has 0 spiro atoms. The molecule has 2 amide bonds. The molecule has 0 radical (unpaired) electrons. The van der Waals surface area contributed by atoms with Crippen molar-refractivity contribution in [3.8, 4) is 0 Å². The quantitative estimate of drug-likeness (QED) is 0.737. The molecule has 110 valence electrons. The molecule has 1 aliphatic heterocycles. The third kappa shape index (κ3) is 7.00. The van der Waals surface area contributed by atoms with E-state index < -0.39 is 11.7 Å². The molecule has 6 heteroatoms. The number of nitrogens with one attached hydrogen (secondary N) is 2. The van der Waals surface area contributed by atoms with Crippen LogP contribution < -0.4 is 10.6 Å². The van der Waals surface area contributed by atoms with Crippen molar-refractivity contribution in [1.82, 2.24) is 10.6 Å². The highest BCUT2D eigenvalue weighted by molar-refractivity contribution is 5.80. The fourth-order valence-electron chi connectivity index (χ4n) is 1.70. The van der Waals surface area contributed by atoms with Crippen LogP contribution in [0.4, 0.5) is 4.79 Å². The summed E-state index contributed by atoms with van der Waals surface area (Å²) in [5.41, 5.74) is -0.488. The summed E-state index contributed by atoms with van der Waals surface area (Å²) in [4.78, 5) is 22.9. The van der Waals surface area contributed by atoms with E-state index in [1.165, 1.54) is 0 Å². The van der Waals surface area contributed by atoms with Gasteiger partial charge in [0.2, 0.25) is 5.91 Å². The predicted octanol–water partition coefficient (Wildman–Crippen LogP) is 1.20. The minimum absolute atomic E-state index is 0.0604.